The minimum atomic E-state index is -0.278. The predicted octanol–water partition coefficient (Wildman–Crippen LogP) is 5.24. The van der Waals surface area contributed by atoms with Gasteiger partial charge < -0.3 is 15.4 Å². The van der Waals surface area contributed by atoms with Crippen molar-refractivity contribution in [2.45, 2.75) is 23.3 Å². The smallest absolute Gasteiger partial charge is 0.255 e. The van der Waals surface area contributed by atoms with E-state index in [0.717, 1.165) is 34.0 Å². The van der Waals surface area contributed by atoms with E-state index < -0.39 is 0 Å². The van der Waals surface area contributed by atoms with Gasteiger partial charge in [0.15, 0.2) is 4.34 Å². The molecule has 162 valence electrons. The van der Waals surface area contributed by atoms with Gasteiger partial charge in [-0.2, -0.15) is 0 Å². The number of fused-ring (bicyclic) bond motifs is 1. The fourth-order valence-corrected chi connectivity index (χ4v) is 5.33. The molecule has 3 aromatic rings. The monoisotopic (exact) mass is 495 g/mol. The van der Waals surface area contributed by atoms with Crippen molar-refractivity contribution in [3.8, 4) is 0 Å². The van der Waals surface area contributed by atoms with E-state index in [0.29, 0.717) is 33.6 Å². The maximum atomic E-state index is 12.5. The van der Waals surface area contributed by atoms with Gasteiger partial charge in [0.05, 0.1) is 32.1 Å². The number of halogens is 2. The molecule has 0 radical (unpaired) electrons. The summed E-state index contributed by atoms with van der Waals surface area (Å²) in [7, 11) is 0. The molecule has 1 aliphatic heterocycles. The van der Waals surface area contributed by atoms with Crippen LogP contribution in [-0.4, -0.2) is 41.8 Å². The summed E-state index contributed by atoms with van der Waals surface area (Å²) >= 11 is 14.8. The number of anilines is 1. The number of rotatable bonds is 7. The highest BCUT2D eigenvalue weighted by Crippen LogP contribution is 2.31. The van der Waals surface area contributed by atoms with Crippen molar-refractivity contribution in [2.24, 2.45) is 0 Å². The highest BCUT2D eigenvalue weighted by Gasteiger charge is 2.16. The zero-order chi connectivity index (χ0) is 21.8. The lowest BCUT2D eigenvalue weighted by Crippen LogP contribution is -2.32. The van der Waals surface area contributed by atoms with E-state index in [9.17, 15) is 9.59 Å². The highest BCUT2D eigenvalue weighted by atomic mass is 35.5. The summed E-state index contributed by atoms with van der Waals surface area (Å²) < 4.78 is 7.24. The van der Waals surface area contributed by atoms with Crippen LogP contribution in [0.1, 0.15) is 23.2 Å². The zero-order valence-electron chi connectivity index (χ0n) is 16.3. The standard InChI is InChI=1S/C21H19Cl2N3O3S2/c22-15-5-3-12(8-16(15)23)20(28)25-13-4-6-17-18(9-13)31-21(26-17)30-11-19(27)24-10-14-2-1-7-29-14/h3-6,8-9,14H,1-2,7,10-11H2,(H,24,27)(H,25,28)/t14-/m0/s1. The van der Waals surface area contributed by atoms with E-state index >= 15 is 0 Å². The van der Waals surface area contributed by atoms with Gasteiger partial charge in [0.1, 0.15) is 0 Å². The first-order valence-electron chi connectivity index (χ1n) is 9.66. The van der Waals surface area contributed by atoms with Crippen LogP contribution in [0.25, 0.3) is 10.2 Å². The molecule has 4 rings (SSSR count). The molecular formula is C21H19Cl2N3O3S2. The van der Waals surface area contributed by atoms with Gasteiger partial charge in [-0.05, 0) is 49.2 Å². The van der Waals surface area contributed by atoms with Crippen LogP contribution in [0, 0.1) is 0 Å². The number of amides is 2. The molecule has 2 heterocycles. The van der Waals surface area contributed by atoms with Crippen LogP contribution in [-0.2, 0) is 9.53 Å². The topological polar surface area (TPSA) is 80.3 Å². The van der Waals surface area contributed by atoms with E-state index in [1.54, 1.807) is 18.2 Å². The summed E-state index contributed by atoms with van der Waals surface area (Å²) in [5.41, 5.74) is 1.89. The average molecular weight is 496 g/mol. The largest absolute Gasteiger partial charge is 0.376 e. The van der Waals surface area contributed by atoms with Gasteiger partial charge >= 0.3 is 0 Å². The second kappa shape index (κ2) is 10.2. The molecule has 0 aliphatic carbocycles. The van der Waals surface area contributed by atoms with Crippen molar-refractivity contribution < 1.29 is 14.3 Å². The first-order valence-corrected chi connectivity index (χ1v) is 12.2. The number of hydrogen-bond acceptors (Lipinski definition) is 6. The second-order valence-electron chi connectivity index (χ2n) is 6.97. The van der Waals surface area contributed by atoms with Gasteiger partial charge in [-0.25, -0.2) is 4.98 Å². The summed E-state index contributed by atoms with van der Waals surface area (Å²) in [5.74, 6) is -0.0118. The van der Waals surface area contributed by atoms with Crippen LogP contribution in [0.2, 0.25) is 10.0 Å². The third-order valence-corrected chi connectivity index (χ3v) is 7.59. The fourth-order valence-electron chi connectivity index (χ4n) is 3.09. The Hall–Kier alpha value is -1.84. The van der Waals surface area contributed by atoms with Crippen molar-refractivity contribution >= 4 is 74.0 Å². The van der Waals surface area contributed by atoms with E-state index in [4.69, 9.17) is 27.9 Å². The van der Waals surface area contributed by atoms with Crippen LogP contribution in [0.3, 0.4) is 0 Å². The van der Waals surface area contributed by atoms with Gasteiger partial charge in [0, 0.05) is 24.4 Å². The molecule has 0 saturated carbocycles. The van der Waals surface area contributed by atoms with Crippen LogP contribution in [0.5, 0.6) is 0 Å². The van der Waals surface area contributed by atoms with Crippen LogP contribution < -0.4 is 10.6 Å². The van der Waals surface area contributed by atoms with Gasteiger partial charge in [-0.3, -0.25) is 9.59 Å². The third-order valence-electron chi connectivity index (χ3n) is 4.69. The van der Waals surface area contributed by atoms with Gasteiger partial charge in [-0.15, -0.1) is 11.3 Å². The quantitative estimate of drug-likeness (QED) is 0.437. The van der Waals surface area contributed by atoms with E-state index in [-0.39, 0.29) is 17.9 Å². The van der Waals surface area contributed by atoms with Gasteiger partial charge in [0.2, 0.25) is 5.91 Å². The zero-order valence-corrected chi connectivity index (χ0v) is 19.5. The Morgan fingerprint density at radius 3 is 2.84 bits per heavy atom. The first kappa shape index (κ1) is 22.4. The molecule has 2 N–H and O–H groups in total. The fraction of sp³-hybridized carbons (Fsp3) is 0.286. The molecule has 1 aliphatic rings. The SMILES string of the molecule is O=C(CSc1nc2ccc(NC(=O)c3ccc(Cl)c(Cl)c3)cc2s1)NC[C@@H]1CCCO1. The van der Waals surface area contributed by atoms with Gasteiger partial charge in [-0.1, -0.05) is 35.0 Å². The normalized spacial score (nSPS) is 15.9. The lowest BCUT2D eigenvalue weighted by Gasteiger charge is -2.09. The Bertz CT molecular complexity index is 1120. The predicted molar refractivity (Wildman–Crippen MR) is 127 cm³/mol. The minimum absolute atomic E-state index is 0.0330. The Morgan fingerprint density at radius 1 is 1.19 bits per heavy atom. The summed E-state index contributed by atoms with van der Waals surface area (Å²) in [6.07, 6.45) is 2.18. The summed E-state index contributed by atoms with van der Waals surface area (Å²) in [4.78, 5) is 29.1. The molecule has 31 heavy (non-hydrogen) atoms. The van der Waals surface area contributed by atoms with E-state index in [1.165, 1.54) is 29.2 Å². The molecule has 1 saturated heterocycles. The van der Waals surface area contributed by atoms with Crippen molar-refractivity contribution in [1.82, 2.24) is 10.3 Å². The number of aromatic nitrogens is 1. The van der Waals surface area contributed by atoms with Crippen molar-refractivity contribution in [3.63, 3.8) is 0 Å². The lowest BCUT2D eigenvalue weighted by molar-refractivity contribution is -0.119. The molecule has 1 fully saturated rings. The van der Waals surface area contributed by atoms with Crippen molar-refractivity contribution in [1.29, 1.82) is 0 Å². The number of carbonyl (C=O) groups is 2. The number of thiazole rings is 1. The van der Waals surface area contributed by atoms with E-state index in [2.05, 4.69) is 15.6 Å². The highest BCUT2D eigenvalue weighted by molar-refractivity contribution is 8.01. The van der Waals surface area contributed by atoms with Crippen molar-refractivity contribution in [2.75, 3.05) is 24.2 Å². The number of hydrogen-bond donors (Lipinski definition) is 2. The minimum Gasteiger partial charge on any atom is -0.376 e. The van der Waals surface area contributed by atoms with Crippen LogP contribution >= 0.6 is 46.3 Å². The molecule has 0 unspecified atom stereocenters. The Morgan fingerprint density at radius 2 is 2.06 bits per heavy atom. The molecule has 1 atom stereocenters. The summed E-state index contributed by atoms with van der Waals surface area (Å²) in [6, 6.07) is 10.2. The molecule has 0 spiro atoms. The molecule has 0 bridgehead atoms. The van der Waals surface area contributed by atoms with Crippen LogP contribution in [0.4, 0.5) is 5.69 Å². The number of ether oxygens (including phenoxy) is 1. The third kappa shape index (κ3) is 5.90. The second-order valence-corrected chi connectivity index (χ2v) is 10.0. The number of nitrogens with zero attached hydrogens (tertiary/aromatic N) is 1. The maximum absolute atomic E-state index is 12.5. The number of benzene rings is 2. The Balaban J connectivity index is 1.34. The number of nitrogens with one attached hydrogen (secondary N) is 2. The molecule has 6 nitrogen and oxygen atoms in total. The molecular weight excluding hydrogens is 477 g/mol. The number of carbonyl (C=O) groups excluding carboxylic acids is 2. The molecule has 1 aromatic heterocycles. The molecule has 2 amide bonds. The Labute approximate surface area is 197 Å². The van der Waals surface area contributed by atoms with Crippen molar-refractivity contribution in [3.05, 3.63) is 52.0 Å². The van der Waals surface area contributed by atoms with Gasteiger partial charge in [0.25, 0.3) is 5.91 Å². The molecule has 2 aromatic carbocycles. The van der Waals surface area contributed by atoms with E-state index in [1.807, 2.05) is 12.1 Å². The summed E-state index contributed by atoms with van der Waals surface area (Å²) in [5, 5.41) is 6.49. The first-order chi connectivity index (χ1) is 15.0. The maximum Gasteiger partial charge on any atom is 0.255 e. The Kier molecular flexibility index (Phi) is 7.35. The van der Waals surface area contributed by atoms with Crippen LogP contribution in [0.15, 0.2) is 40.7 Å². The summed E-state index contributed by atoms with van der Waals surface area (Å²) in [6.45, 7) is 1.33. The number of thioether (sulfide) groups is 1. The molecule has 10 heteroatoms. The average Bonchev–Trinajstić information content (AvgIpc) is 3.41. The lowest BCUT2D eigenvalue weighted by atomic mass is 10.2.